The van der Waals surface area contributed by atoms with Gasteiger partial charge in [-0.25, -0.2) is 4.99 Å². The molecule has 0 saturated carbocycles. The molecule has 3 aliphatic heterocycles. The molecular weight excluding hydrogens is 482 g/mol. The van der Waals surface area contributed by atoms with Gasteiger partial charge in [0.25, 0.3) is 11.9 Å². The van der Waals surface area contributed by atoms with E-state index in [9.17, 15) is 4.79 Å². The van der Waals surface area contributed by atoms with Crippen LogP contribution in [0.15, 0.2) is 4.99 Å². The molecule has 3 saturated heterocycles. The first-order valence-electron chi connectivity index (χ1n) is 13.9. The van der Waals surface area contributed by atoms with Gasteiger partial charge < -0.3 is 30.9 Å². The molecule has 212 valence electrons. The van der Waals surface area contributed by atoms with Gasteiger partial charge in [0.15, 0.2) is 0 Å². The Labute approximate surface area is 227 Å². The molecule has 1 aromatic rings. The molecule has 1 amide bonds. The number of carbonyl (C=O) groups excluding carboxylic acids is 1. The largest absolute Gasteiger partial charge is 0.378 e. The maximum absolute atomic E-state index is 12.7. The van der Waals surface area contributed by atoms with Crippen LogP contribution >= 0.6 is 0 Å². The van der Waals surface area contributed by atoms with E-state index in [0.29, 0.717) is 38.2 Å². The van der Waals surface area contributed by atoms with Crippen molar-refractivity contribution < 1.29 is 9.53 Å². The third-order valence-corrected chi connectivity index (χ3v) is 7.28. The van der Waals surface area contributed by atoms with Crippen LogP contribution in [0.4, 0.5) is 17.8 Å². The molecule has 0 spiro atoms. The van der Waals surface area contributed by atoms with E-state index in [1.54, 1.807) is 4.90 Å². The molecule has 0 bridgehead atoms. The van der Waals surface area contributed by atoms with Crippen molar-refractivity contribution in [3.63, 3.8) is 0 Å². The van der Waals surface area contributed by atoms with E-state index in [4.69, 9.17) is 9.72 Å². The van der Waals surface area contributed by atoms with E-state index in [0.717, 1.165) is 25.7 Å². The lowest BCUT2D eigenvalue weighted by Gasteiger charge is -2.46. The second-order valence-electron chi connectivity index (χ2n) is 13.8. The molecule has 11 heteroatoms. The number of morpholine rings is 1. The fraction of sp³-hybridized carbons (Fsp3) is 0.815. The normalized spacial score (nSPS) is 25.3. The smallest absolute Gasteiger partial charge is 0.265 e. The molecule has 0 unspecified atom stereocenters. The summed E-state index contributed by atoms with van der Waals surface area (Å²) in [6.07, 6.45) is 5.01. The summed E-state index contributed by atoms with van der Waals surface area (Å²) < 4.78 is 5.35. The zero-order valence-electron chi connectivity index (χ0n) is 24.4. The van der Waals surface area contributed by atoms with E-state index in [-0.39, 0.29) is 46.1 Å². The number of ether oxygens (including phenoxy) is 1. The van der Waals surface area contributed by atoms with Crippen molar-refractivity contribution in [3.05, 3.63) is 0 Å². The summed E-state index contributed by atoms with van der Waals surface area (Å²) in [5.74, 6) is 0.992. The molecule has 0 atom stereocenters. The third kappa shape index (κ3) is 8.07. The first-order valence-corrected chi connectivity index (χ1v) is 13.9. The van der Waals surface area contributed by atoms with Gasteiger partial charge in [-0.1, -0.05) is 0 Å². The number of piperidine rings is 2. The molecule has 3 fully saturated rings. The van der Waals surface area contributed by atoms with Crippen molar-refractivity contribution in [2.45, 2.75) is 115 Å². The first kappa shape index (κ1) is 28.6. The topological polar surface area (TPSA) is 129 Å². The lowest BCUT2D eigenvalue weighted by Crippen LogP contribution is -2.60. The summed E-state index contributed by atoms with van der Waals surface area (Å²) in [6.45, 7) is 20.0. The second-order valence-corrected chi connectivity index (χ2v) is 13.8. The van der Waals surface area contributed by atoms with Crippen LogP contribution in [0.5, 0.6) is 0 Å². The number of aromatic nitrogens is 3. The Morgan fingerprint density at radius 2 is 1.24 bits per heavy atom. The van der Waals surface area contributed by atoms with E-state index in [1.807, 2.05) is 0 Å². The van der Waals surface area contributed by atoms with E-state index < -0.39 is 0 Å². The molecule has 4 N–H and O–H groups in total. The minimum Gasteiger partial charge on any atom is -0.378 e. The molecule has 3 aliphatic rings. The van der Waals surface area contributed by atoms with Gasteiger partial charge in [0.05, 0.1) is 19.4 Å². The van der Waals surface area contributed by atoms with Crippen molar-refractivity contribution in [1.82, 2.24) is 30.5 Å². The van der Waals surface area contributed by atoms with Gasteiger partial charge in [-0.15, -0.1) is 0 Å². The Kier molecular flexibility index (Phi) is 8.03. The van der Waals surface area contributed by atoms with Gasteiger partial charge in [-0.3, -0.25) is 4.79 Å². The number of nitrogens with zero attached hydrogens (tertiary/aromatic N) is 5. The van der Waals surface area contributed by atoms with Crippen LogP contribution in [0.1, 0.15) is 81.1 Å². The minimum atomic E-state index is -0.165. The molecule has 38 heavy (non-hydrogen) atoms. The monoisotopic (exact) mass is 529 g/mol. The van der Waals surface area contributed by atoms with Crippen LogP contribution in [-0.4, -0.2) is 92.5 Å². The van der Waals surface area contributed by atoms with E-state index >= 15 is 0 Å². The van der Waals surface area contributed by atoms with Crippen LogP contribution in [-0.2, 0) is 9.53 Å². The maximum Gasteiger partial charge on any atom is 0.265 e. The molecule has 0 aliphatic carbocycles. The van der Waals surface area contributed by atoms with Gasteiger partial charge in [0.1, 0.15) is 0 Å². The van der Waals surface area contributed by atoms with Crippen LogP contribution in [0.2, 0.25) is 0 Å². The fourth-order valence-corrected chi connectivity index (χ4v) is 6.74. The Hall–Kier alpha value is -2.37. The predicted molar refractivity (Wildman–Crippen MR) is 151 cm³/mol. The van der Waals surface area contributed by atoms with E-state index in [2.05, 4.69) is 91.6 Å². The van der Waals surface area contributed by atoms with Crippen molar-refractivity contribution in [1.29, 1.82) is 0 Å². The highest BCUT2D eigenvalue weighted by Crippen LogP contribution is 2.32. The highest BCUT2D eigenvalue weighted by atomic mass is 16.5. The number of rotatable bonds is 6. The van der Waals surface area contributed by atoms with Crippen LogP contribution < -0.4 is 21.3 Å². The number of anilines is 2. The Bertz CT molecular complexity index is 941. The van der Waals surface area contributed by atoms with Crippen molar-refractivity contribution >= 4 is 30.0 Å². The van der Waals surface area contributed by atoms with E-state index in [1.165, 1.54) is 6.21 Å². The van der Waals surface area contributed by atoms with Gasteiger partial charge in [-0.05, 0) is 81.1 Å². The molecule has 11 nitrogen and oxygen atoms in total. The zero-order valence-corrected chi connectivity index (χ0v) is 24.4. The Balaban J connectivity index is 1.57. The third-order valence-electron chi connectivity index (χ3n) is 7.28. The zero-order chi connectivity index (χ0) is 27.8. The van der Waals surface area contributed by atoms with Gasteiger partial charge >= 0.3 is 0 Å². The Morgan fingerprint density at radius 1 is 0.816 bits per heavy atom. The SMILES string of the molecule is CC1(C)CC(Nc2nc(N=CC(=O)N3CCOCC3)nc(NC3CC(C)(C)NC(C)(C)C3)n2)CC(C)(C)N1. The Morgan fingerprint density at radius 3 is 1.66 bits per heavy atom. The lowest BCUT2D eigenvalue weighted by molar-refractivity contribution is -0.127. The average Bonchev–Trinajstić information content (AvgIpc) is 2.73. The quantitative estimate of drug-likeness (QED) is 0.411. The molecular formula is C27H47N9O2. The predicted octanol–water partition coefficient (Wildman–Crippen LogP) is 2.87. The van der Waals surface area contributed by atoms with Crippen LogP contribution in [0.25, 0.3) is 0 Å². The van der Waals surface area contributed by atoms with Gasteiger partial charge in [0.2, 0.25) is 11.9 Å². The van der Waals surface area contributed by atoms with Crippen LogP contribution in [0.3, 0.4) is 0 Å². The number of hydrogen-bond donors (Lipinski definition) is 4. The number of aliphatic imine (C=N–C) groups is 1. The summed E-state index contributed by atoms with van der Waals surface area (Å²) in [4.78, 5) is 32.7. The van der Waals surface area contributed by atoms with Crippen molar-refractivity contribution in [2.75, 3.05) is 36.9 Å². The average molecular weight is 530 g/mol. The first-order chi connectivity index (χ1) is 17.6. The number of carbonyl (C=O) groups is 1. The molecule has 4 rings (SSSR count). The number of amides is 1. The lowest BCUT2D eigenvalue weighted by atomic mass is 9.79. The summed E-state index contributed by atoms with van der Waals surface area (Å²) in [6, 6.07) is 0.361. The summed E-state index contributed by atoms with van der Waals surface area (Å²) >= 11 is 0. The van der Waals surface area contributed by atoms with Crippen LogP contribution in [0, 0.1) is 0 Å². The second kappa shape index (κ2) is 10.7. The summed E-state index contributed by atoms with van der Waals surface area (Å²) in [5, 5.41) is 14.5. The van der Waals surface area contributed by atoms with Gasteiger partial charge in [0, 0.05) is 47.3 Å². The van der Waals surface area contributed by atoms with Crippen molar-refractivity contribution in [2.24, 2.45) is 4.99 Å². The fourth-order valence-electron chi connectivity index (χ4n) is 6.74. The summed E-state index contributed by atoms with van der Waals surface area (Å²) in [7, 11) is 0. The van der Waals surface area contributed by atoms with Crippen molar-refractivity contribution in [3.8, 4) is 0 Å². The number of hydrogen-bond acceptors (Lipinski definition) is 10. The highest BCUT2D eigenvalue weighted by molar-refractivity contribution is 6.26. The highest BCUT2D eigenvalue weighted by Gasteiger charge is 2.39. The molecule has 4 heterocycles. The van der Waals surface area contributed by atoms with Gasteiger partial charge in [-0.2, -0.15) is 15.0 Å². The summed E-state index contributed by atoms with van der Waals surface area (Å²) in [5.41, 5.74) is -0.0899. The molecule has 0 radical (unpaired) electrons. The minimum absolute atomic E-state index is 0.0225. The molecule has 0 aromatic carbocycles. The maximum atomic E-state index is 12.7. The molecule has 1 aromatic heterocycles. The number of nitrogens with one attached hydrogen (secondary N) is 4. The standard InChI is InChI=1S/C27H47N9O2/c1-24(2)13-18(14-25(3,4)34-24)29-22-31-21(28-17-20(37)36-9-11-38-12-10-36)32-23(33-22)30-19-15-26(5,6)35-27(7,8)16-19/h17-19,34-35H,9-16H2,1-8H3,(H2,29,30,31,32,33).